The summed E-state index contributed by atoms with van der Waals surface area (Å²) in [5, 5.41) is 71.1. The minimum Gasteiger partial charge on any atom is -0.459 e. The molecule has 0 radical (unpaired) electrons. The summed E-state index contributed by atoms with van der Waals surface area (Å²) in [7, 11) is 1.61. The highest BCUT2D eigenvalue weighted by molar-refractivity contribution is 5.88. The Morgan fingerprint density at radius 2 is 1.61 bits per heavy atom. The van der Waals surface area contributed by atoms with Crippen molar-refractivity contribution in [1.82, 2.24) is 4.90 Å². The van der Waals surface area contributed by atoms with Gasteiger partial charge in [-0.05, 0) is 47.0 Å². The highest BCUT2D eigenvalue weighted by atomic mass is 16.7. The first kappa shape index (κ1) is 40.3. The predicted molar refractivity (Wildman–Crippen MR) is 170 cm³/mol. The lowest BCUT2D eigenvalue weighted by Crippen LogP contribution is -2.61. The van der Waals surface area contributed by atoms with E-state index >= 15 is 0 Å². The van der Waals surface area contributed by atoms with Gasteiger partial charge in [0.15, 0.2) is 6.29 Å². The molecule has 13 nitrogen and oxygen atoms in total. The van der Waals surface area contributed by atoms with Crippen LogP contribution in [0.25, 0.3) is 0 Å². The van der Waals surface area contributed by atoms with Crippen LogP contribution in [0.3, 0.4) is 0 Å². The molecule has 0 aromatic carbocycles. The van der Waals surface area contributed by atoms with Gasteiger partial charge >= 0.3 is 5.97 Å². The Morgan fingerprint density at radius 1 is 1.04 bits per heavy atom. The van der Waals surface area contributed by atoms with E-state index < -0.39 is 95.2 Å². The zero-order chi connectivity index (χ0) is 35.7. The highest BCUT2D eigenvalue weighted by Gasteiger charge is 2.51. The standard InChI is InChI=1S/C33H60N2O11/c1-13-22-33(11,42)26(38)18(4)23(34-43)16(2)15-32(10,41)27(19(5)24(36)20(6)28(39)45-22)46-29-25(37)21(14-17(3)44-29)35(12)30(40)31(7,8)9/h16-22,24-27,29,36-38,41-43H,13-15H2,1-12H3/b34-23+/t16-,17-,18+,19+,20-,21+,22-,24+,25-,26-,27-,29+,32-,33-/m1/s1. The van der Waals surface area contributed by atoms with Crippen molar-refractivity contribution >= 4 is 17.6 Å². The molecule has 0 aromatic heterocycles. The van der Waals surface area contributed by atoms with Crippen molar-refractivity contribution in [2.24, 2.45) is 34.2 Å². The lowest BCUT2D eigenvalue weighted by molar-refractivity contribution is -0.298. The van der Waals surface area contributed by atoms with E-state index in [-0.39, 0.29) is 24.5 Å². The Labute approximate surface area is 273 Å². The normalized spacial score (nSPS) is 44.7. The third kappa shape index (κ3) is 8.58. The van der Waals surface area contributed by atoms with Gasteiger partial charge in [0.1, 0.15) is 17.8 Å². The monoisotopic (exact) mass is 660 g/mol. The van der Waals surface area contributed by atoms with Crippen LogP contribution in [0.5, 0.6) is 0 Å². The summed E-state index contributed by atoms with van der Waals surface area (Å²) in [6, 6.07) is -0.675. The molecule has 2 fully saturated rings. The van der Waals surface area contributed by atoms with Crippen LogP contribution in [0, 0.1) is 29.1 Å². The maximum atomic E-state index is 13.3. The van der Waals surface area contributed by atoms with Gasteiger partial charge in [0.25, 0.3) is 0 Å². The molecule has 0 bridgehead atoms. The first-order valence-corrected chi connectivity index (χ1v) is 16.4. The van der Waals surface area contributed by atoms with Gasteiger partial charge in [0, 0.05) is 30.2 Å². The molecule has 2 aliphatic rings. The number of rotatable bonds is 4. The van der Waals surface area contributed by atoms with Gasteiger partial charge in [-0.2, -0.15) is 0 Å². The molecule has 2 aliphatic heterocycles. The number of oxime groups is 1. The summed E-state index contributed by atoms with van der Waals surface area (Å²) < 4.78 is 18.0. The van der Waals surface area contributed by atoms with Crippen LogP contribution in [0.2, 0.25) is 0 Å². The second-order valence-electron chi connectivity index (χ2n) is 15.3. The SMILES string of the molecule is CC[C@H]1OC(=O)[C@H](C)[C@@H](O)[C@H](C)[C@@H](O[C@@H]2O[C@H](C)C[C@H](N(C)C(=O)C(C)(C)C)[C@H]2O)[C@](C)(O)C[C@@H](C)/C(=N\O)[C@H](C)[C@@H](O)[C@]1(C)O. The number of aliphatic hydroxyl groups excluding tert-OH is 3. The average Bonchev–Trinajstić information content (AvgIpc) is 2.96. The van der Waals surface area contributed by atoms with Gasteiger partial charge in [-0.1, -0.05) is 53.6 Å². The summed E-state index contributed by atoms with van der Waals surface area (Å²) in [6.45, 7) is 17.9. The van der Waals surface area contributed by atoms with E-state index in [0.29, 0.717) is 6.42 Å². The molecule has 2 heterocycles. The number of carbonyl (C=O) groups excluding carboxylic acids is 2. The van der Waals surface area contributed by atoms with Crippen molar-refractivity contribution in [3.8, 4) is 0 Å². The number of likely N-dealkylation sites (N-methyl/N-ethyl adjacent to an activating group) is 1. The molecule has 0 aliphatic carbocycles. The highest BCUT2D eigenvalue weighted by Crippen LogP contribution is 2.38. The quantitative estimate of drug-likeness (QED) is 0.147. The van der Waals surface area contributed by atoms with Gasteiger partial charge in [-0.25, -0.2) is 0 Å². The topological polar surface area (TPSA) is 199 Å². The zero-order valence-electron chi connectivity index (χ0n) is 29.7. The molecule has 2 rings (SSSR count). The first-order valence-electron chi connectivity index (χ1n) is 16.4. The smallest absolute Gasteiger partial charge is 0.311 e. The van der Waals surface area contributed by atoms with Crippen molar-refractivity contribution in [2.45, 2.75) is 156 Å². The third-order valence-corrected chi connectivity index (χ3v) is 10.0. The Morgan fingerprint density at radius 3 is 2.11 bits per heavy atom. The van der Waals surface area contributed by atoms with Crippen LogP contribution in [-0.4, -0.2) is 120 Å². The number of cyclic esters (lactones) is 1. The van der Waals surface area contributed by atoms with E-state index in [1.54, 1.807) is 62.4 Å². The molecule has 1 amide bonds. The van der Waals surface area contributed by atoms with E-state index in [0.717, 1.165) is 0 Å². The van der Waals surface area contributed by atoms with E-state index in [2.05, 4.69) is 5.16 Å². The van der Waals surface area contributed by atoms with E-state index in [9.17, 15) is 40.3 Å². The third-order valence-electron chi connectivity index (χ3n) is 10.0. The van der Waals surface area contributed by atoms with Gasteiger partial charge in [-0.3, -0.25) is 9.59 Å². The first-order chi connectivity index (χ1) is 20.9. The largest absolute Gasteiger partial charge is 0.459 e. The summed E-state index contributed by atoms with van der Waals surface area (Å²) in [4.78, 5) is 27.9. The molecular formula is C33H60N2O11. The lowest BCUT2D eigenvalue weighted by Gasteiger charge is -2.48. The number of ether oxygens (including phenoxy) is 3. The summed E-state index contributed by atoms with van der Waals surface area (Å²) >= 11 is 0. The fourth-order valence-electron chi connectivity index (χ4n) is 7.16. The number of nitrogens with zero attached hydrogens (tertiary/aromatic N) is 2. The molecule has 0 aromatic rings. The Balaban J connectivity index is 2.60. The molecule has 46 heavy (non-hydrogen) atoms. The average molecular weight is 661 g/mol. The second-order valence-corrected chi connectivity index (χ2v) is 15.3. The number of amides is 1. The van der Waals surface area contributed by atoms with Gasteiger partial charge in [0.2, 0.25) is 5.91 Å². The minimum absolute atomic E-state index is 0.0802. The zero-order valence-corrected chi connectivity index (χ0v) is 29.7. The van der Waals surface area contributed by atoms with Crippen LogP contribution >= 0.6 is 0 Å². The molecule has 0 saturated carbocycles. The number of aliphatic hydroxyl groups is 5. The van der Waals surface area contributed by atoms with E-state index in [1.165, 1.54) is 25.7 Å². The van der Waals surface area contributed by atoms with Gasteiger partial charge in [-0.15, -0.1) is 0 Å². The molecule has 13 heteroatoms. The van der Waals surface area contributed by atoms with Crippen LogP contribution in [-0.2, 0) is 23.8 Å². The summed E-state index contributed by atoms with van der Waals surface area (Å²) in [5.41, 5.74) is -4.37. The van der Waals surface area contributed by atoms with Crippen molar-refractivity contribution < 1.29 is 54.5 Å². The van der Waals surface area contributed by atoms with Crippen LogP contribution < -0.4 is 0 Å². The van der Waals surface area contributed by atoms with Crippen LogP contribution in [0.4, 0.5) is 0 Å². The fourth-order valence-corrected chi connectivity index (χ4v) is 7.16. The number of hydrogen-bond acceptors (Lipinski definition) is 12. The molecule has 0 spiro atoms. The molecule has 268 valence electrons. The van der Waals surface area contributed by atoms with Gasteiger partial charge in [0.05, 0.1) is 47.7 Å². The lowest BCUT2D eigenvalue weighted by atomic mass is 9.73. The van der Waals surface area contributed by atoms with Crippen molar-refractivity contribution in [3.05, 3.63) is 0 Å². The van der Waals surface area contributed by atoms with Gasteiger partial charge < -0.3 is 49.9 Å². The minimum atomic E-state index is -1.95. The Kier molecular flexibility index (Phi) is 13.3. The summed E-state index contributed by atoms with van der Waals surface area (Å²) in [6.07, 6.45) is -8.10. The van der Waals surface area contributed by atoms with E-state index in [1.807, 2.05) is 0 Å². The Bertz CT molecular complexity index is 1070. The van der Waals surface area contributed by atoms with Crippen molar-refractivity contribution in [3.63, 3.8) is 0 Å². The summed E-state index contributed by atoms with van der Waals surface area (Å²) in [5.74, 6) is -4.73. The second kappa shape index (κ2) is 15.1. The van der Waals surface area contributed by atoms with Crippen molar-refractivity contribution in [1.29, 1.82) is 0 Å². The van der Waals surface area contributed by atoms with Crippen LogP contribution in [0.1, 0.15) is 95.4 Å². The van der Waals surface area contributed by atoms with Crippen molar-refractivity contribution in [2.75, 3.05) is 7.05 Å². The number of esters is 1. The molecule has 2 saturated heterocycles. The number of hydrogen-bond donors (Lipinski definition) is 6. The predicted octanol–water partition coefficient (Wildman–Crippen LogP) is 2.06. The molecule has 0 unspecified atom stereocenters. The molecule has 14 atom stereocenters. The number of carbonyl (C=O) groups is 2. The molecule has 6 N–H and O–H groups in total. The maximum Gasteiger partial charge on any atom is 0.311 e. The molecular weight excluding hydrogens is 600 g/mol. The Hall–Kier alpha value is -1.87. The fraction of sp³-hybridized carbons (Fsp3) is 0.909. The van der Waals surface area contributed by atoms with Crippen LogP contribution in [0.15, 0.2) is 5.16 Å². The van der Waals surface area contributed by atoms with E-state index in [4.69, 9.17) is 14.2 Å². The maximum absolute atomic E-state index is 13.3.